The second kappa shape index (κ2) is 5.88. The van der Waals surface area contributed by atoms with Crippen molar-refractivity contribution in [2.24, 2.45) is 0 Å². The number of hydrogen-bond donors (Lipinski definition) is 2. The molecule has 0 radical (unpaired) electrons. The Morgan fingerprint density at radius 3 is 2.83 bits per heavy atom. The molecule has 0 aromatic heterocycles. The summed E-state index contributed by atoms with van der Waals surface area (Å²) in [6.07, 6.45) is 0. The van der Waals surface area contributed by atoms with E-state index in [1.807, 2.05) is 5.32 Å². The third kappa shape index (κ3) is 3.11. The topological polar surface area (TPSA) is 108 Å². The van der Waals surface area contributed by atoms with Gasteiger partial charge in [-0.3, -0.25) is 30.0 Å². The Balaban J connectivity index is 1.72. The first-order valence-electron chi connectivity index (χ1n) is 6.57. The zero-order valence-corrected chi connectivity index (χ0v) is 13.3. The van der Waals surface area contributed by atoms with Gasteiger partial charge in [0.1, 0.15) is 18.8 Å². The monoisotopic (exact) mass is 382 g/mol. The molecular formula is C13H11BrN4O5. The van der Waals surface area contributed by atoms with Crippen molar-refractivity contribution in [2.45, 2.75) is 0 Å². The minimum atomic E-state index is -0.707. The Hall–Kier alpha value is -2.62. The summed E-state index contributed by atoms with van der Waals surface area (Å²) in [5, 5.41) is 2.89. The number of fused-ring (bicyclic) bond motifs is 1. The lowest BCUT2D eigenvalue weighted by molar-refractivity contribution is -0.127. The summed E-state index contributed by atoms with van der Waals surface area (Å²) in [6, 6.07) is 4.36. The fourth-order valence-corrected chi connectivity index (χ4v) is 2.55. The normalized spacial score (nSPS) is 16.8. The molecule has 23 heavy (non-hydrogen) atoms. The fraction of sp³-hybridized carbons (Fsp3) is 0.231. The van der Waals surface area contributed by atoms with Crippen LogP contribution in [0.25, 0.3) is 0 Å². The van der Waals surface area contributed by atoms with Gasteiger partial charge in [-0.1, -0.05) is 15.9 Å². The molecule has 2 aliphatic rings. The number of halogens is 1. The van der Waals surface area contributed by atoms with E-state index in [0.29, 0.717) is 11.4 Å². The lowest BCUT2D eigenvalue weighted by Crippen LogP contribution is -2.50. The maximum Gasteiger partial charge on any atom is 0.343 e. The number of benzene rings is 1. The Morgan fingerprint density at radius 2 is 2.13 bits per heavy atom. The van der Waals surface area contributed by atoms with Crippen molar-refractivity contribution >= 4 is 45.4 Å². The second-order valence-corrected chi connectivity index (χ2v) is 5.77. The van der Waals surface area contributed by atoms with E-state index < -0.39 is 17.8 Å². The molecule has 3 rings (SSSR count). The van der Waals surface area contributed by atoms with E-state index in [4.69, 9.17) is 4.74 Å². The van der Waals surface area contributed by atoms with Crippen molar-refractivity contribution in [2.75, 3.05) is 24.6 Å². The molecular weight excluding hydrogens is 372 g/mol. The van der Waals surface area contributed by atoms with E-state index in [1.165, 1.54) is 4.90 Å². The van der Waals surface area contributed by atoms with Gasteiger partial charge in [-0.15, -0.1) is 0 Å². The summed E-state index contributed by atoms with van der Waals surface area (Å²) in [5.41, 5.74) is 2.75. The minimum absolute atomic E-state index is 0.181. The molecule has 2 N–H and O–H groups in total. The highest BCUT2D eigenvalue weighted by Gasteiger charge is 2.31. The lowest BCUT2D eigenvalue weighted by Gasteiger charge is -2.29. The molecule has 1 saturated heterocycles. The van der Waals surface area contributed by atoms with E-state index >= 15 is 0 Å². The Bertz CT molecular complexity index is 722. The second-order valence-electron chi connectivity index (χ2n) is 4.86. The van der Waals surface area contributed by atoms with E-state index in [2.05, 4.69) is 21.4 Å². The van der Waals surface area contributed by atoms with Gasteiger partial charge in [0, 0.05) is 4.47 Å². The molecule has 1 aromatic rings. The van der Waals surface area contributed by atoms with Crippen molar-refractivity contribution in [3.63, 3.8) is 0 Å². The van der Waals surface area contributed by atoms with Gasteiger partial charge in [0.15, 0.2) is 6.61 Å². The number of anilines is 1. The molecule has 0 saturated carbocycles. The van der Waals surface area contributed by atoms with Gasteiger partial charge in [-0.25, -0.2) is 9.80 Å². The lowest BCUT2D eigenvalue weighted by atomic mass is 10.2. The average Bonchev–Trinajstić information content (AvgIpc) is 2.80. The molecule has 0 unspecified atom stereocenters. The van der Waals surface area contributed by atoms with E-state index in [0.717, 1.165) is 9.48 Å². The molecule has 10 heteroatoms. The zero-order chi connectivity index (χ0) is 16.6. The first kappa shape index (κ1) is 15.3. The first-order valence-corrected chi connectivity index (χ1v) is 7.37. The van der Waals surface area contributed by atoms with E-state index in [-0.39, 0.29) is 25.6 Å². The Morgan fingerprint density at radius 1 is 1.35 bits per heavy atom. The quantitative estimate of drug-likeness (QED) is 0.701. The minimum Gasteiger partial charge on any atom is -0.482 e. The van der Waals surface area contributed by atoms with Crippen LogP contribution < -0.4 is 20.4 Å². The molecule has 0 atom stereocenters. The van der Waals surface area contributed by atoms with Crippen LogP contribution in [0.2, 0.25) is 0 Å². The third-order valence-electron chi connectivity index (χ3n) is 3.22. The van der Waals surface area contributed by atoms with E-state index in [1.54, 1.807) is 18.2 Å². The maximum absolute atomic E-state index is 12.1. The summed E-state index contributed by atoms with van der Waals surface area (Å²) in [5.74, 6) is -1.01. The number of amides is 5. The highest BCUT2D eigenvalue weighted by Crippen LogP contribution is 2.34. The van der Waals surface area contributed by atoms with Gasteiger partial charge in [0.05, 0.1) is 5.69 Å². The number of carbonyl (C=O) groups excluding carboxylic acids is 4. The molecule has 9 nitrogen and oxygen atoms in total. The molecule has 5 amide bonds. The summed E-state index contributed by atoms with van der Waals surface area (Å²) in [4.78, 5) is 47.8. The summed E-state index contributed by atoms with van der Waals surface area (Å²) in [6.45, 7) is -0.737. The molecule has 0 bridgehead atoms. The molecule has 2 aliphatic heterocycles. The number of nitrogens with zero attached hydrogens (tertiary/aromatic N) is 2. The zero-order valence-electron chi connectivity index (χ0n) is 11.7. The first-order chi connectivity index (χ1) is 10.9. The van der Waals surface area contributed by atoms with Gasteiger partial charge in [-0.2, -0.15) is 0 Å². The molecule has 0 spiro atoms. The summed E-state index contributed by atoms with van der Waals surface area (Å²) < 4.78 is 6.10. The average molecular weight is 383 g/mol. The standard InChI is InChI=1S/C13H11BrN4O5/c14-7-1-2-8-9(3-7)23-6-12(21)17(8)4-11(20)16-18-5-10(19)15-13(18)22/h1-3H,4-6H2,(H,16,20)(H,15,19,22). The van der Waals surface area contributed by atoms with Crippen molar-refractivity contribution in [1.29, 1.82) is 0 Å². The number of nitrogens with one attached hydrogen (secondary N) is 2. The number of hydrogen-bond acceptors (Lipinski definition) is 5. The summed E-state index contributed by atoms with van der Waals surface area (Å²) >= 11 is 3.30. The largest absolute Gasteiger partial charge is 0.482 e. The number of rotatable bonds is 3. The number of imide groups is 1. The van der Waals surface area contributed by atoms with Crippen molar-refractivity contribution in [3.05, 3.63) is 22.7 Å². The number of ether oxygens (including phenoxy) is 1. The number of carbonyl (C=O) groups is 4. The van der Waals surface area contributed by atoms with Crippen LogP contribution in [-0.2, 0) is 14.4 Å². The highest BCUT2D eigenvalue weighted by atomic mass is 79.9. The van der Waals surface area contributed by atoms with Crippen molar-refractivity contribution in [3.8, 4) is 5.75 Å². The van der Waals surface area contributed by atoms with Crippen LogP contribution in [0, 0.1) is 0 Å². The molecule has 1 fully saturated rings. The van der Waals surface area contributed by atoms with Crippen LogP contribution >= 0.6 is 15.9 Å². The molecule has 0 aliphatic carbocycles. The number of urea groups is 1. The van der Waals surface area contributed by atoms with Crippen LogP contribution in [0.4, 0.5) is 10.5 Å². The third-order valence-corrected chi connectivity index (χ3v) is 3.71. The summed E-state index contributed by atoms with van der Waals surface area (Å²) in [7, 11) is 0. The number of hydrazine groups is 1. The van der Waals surface area contributed by atoms with Gasteiger partial charge in [0.2, 0.25) is 5.91 Å². The smallest absolute Gasteiger partial charge is 0.343 e. The van der Waals surface area contributed by atoms with Crippen LogP contribution in [0.1, 0.15) is 0 Å². The van der Waals surface area contributed by atoms with Crippen molar-refractivity contribution < 1.29 is 23.9 Å². The Labute approximate surface area is 138 Å². The van der Waals surface area contributed by atoms with Crippen LogP contribution in [-0.4, -0.2) is 48.5 Å². The predicted octanol–water partition coefficient (Wildman–Crippen LogP) is -0.242. The van der Waals surface area contributed by atoms with Gasteiger partial charge < -0.3 is 4.74 Å². The molecule has 1 aromatic carbocycles. The maximum atomic E-state index is 12.1. The van der Waals surface area contributed by atoms with Crippen LogP contribution in [0.5, 0.6) is 5.75 Å². The fourth-order valence-electron chi connectivity index (χ4n) is 2.21. The van der Waals surface area contributed by atoms with Gasteiger partial charge in [0.25, 0.3) is 11.8 Å². The molecule has 120 valence electrons. The predicted molar refractivity (Wildman–Crippen MR) is 80.4 cm³/mol. The Kier molecular flexibility index (Phi) is 3.90. The van der Waals surface area contributed by atoms with Crippen molar-refractivity contribution in [1.82, 2.24) is 15.8 Å². The highest BCUT2D eigenvalue weighted by molar-refractivity contribution is 9.10. The molecule has 2 heterocycles. The van der Waals surface area contributed by atoms with Crippen LogP contribution in [0.15, 0.2) is 22.7 Å². The SMILES string of the molecule is O=C1CN(NC(=O)CN2C(=O)COc3cc(Br)ccc32)C(=O)N1. The van der Waals surface area contributed by atoms with Gasteiger partial charge in [-0.05, 0) is 18.2 Å². The van der Waals surface area contributed by atoms with E-state index in [9.17, 15) is 19.2 Å². The van der Waals surface area contributed by atoms with Gasteiger partial charge >= 0.3 is 6.03 Å². The van der Waals surface area contributed by atoms with Crippen LogP contribution in [0.3, 0.4) is 0 Å².